The third kappa shape index (κ3) is 4.10. The van der Waals surface area contributed by atoms with Crippen LogP contribution in [0.1, 0.15) is 42.5 Å². The van der Waals surface area contributed by atoms with Gasteiger partial charge >= 0.3 is 0 Å². The van der Waals surface area contributed by atoms with Gasteiger partial charge in [0.1, 0.15) is 11.5 Å². The second-order valence-electron chi connectivity index (χ2n) is 8.05. The fraction of sp³-hybridized carbons (Fsp3) is 0.192. The molecule has 0 spiro atoms. The zero-order valence-electron chi connectivity index (χ0n) is 18.4. The summed E-state index contributed by atoms with van der Waals surface area (Å²) < 4.78 is 5.17. The molecule has 2 heterocycles. The summed E-state index contributed by atoms with van der Waals surface area (Å²) in [7, 11) is 1.49. The van der Waals surface area contributed by atoms with Crippen molar-refractivity contribution in [2.75, 3.05) is 12.0 Å². The molecule has 4 rings (SSSR count). The zero-order valence-corrected chi connectivity index (χ0v) is 19.2. The van der Waals surface area contributed by atoms with Crippen LogP contribution in [0.25, 0.3) is 5.76 Å². The molecule has 2 aromatic carbocycles. The van der Waals surface area contributed by atoms with Gasteiger partial charge in [0.05, 0.1) is 23.7 Å². The van der Waals surface area contributed by atoms with Gasteiger partial charge in [0.2, 0.25) is 0 Å². The highest BCUT2D eigenvalue weighted by molar-refractivity contribution is 6.51. The number of aromatic nitrogens is 1. The Kier molecular flexibility index (Phi) is 6.20. The summed E-state index contributed by atoms with van der Waals surface area (Å²) in [5.74, 6) is -1.05. The number of ketones is 1. The van der Waals surface area contributed by atoms with Gasteiger partial charge in [-0.1, -0.05) is 43.6 Å². The van der Waals surface area contributed by atoms with Crippen LogP contribution in [0.5, 0.6) is 5.75 Å². The van der Waals surface area contributed by atoms with Crippen molar-refractivity contribution >= 4 is 34.7 Å². The predicted octanol–water partition coefficient (Wildman–Crippen LogP) is 5.49. The Labute approximate surface area is 197 Å². The van der Waals surface area contributed by atoms with E-state index in [9.17, 15) is 14.7 Å². The summed E-state index contributed by atoms with van der Waals surface area (Å²) in [6.45, 7) is 4.16. The number of carbonyl (C=O) groups excluding carboxylic acids is 2. The van der Waals surface area contributed by atoms with Gasteiger partial charge in [-0.25, -0.2) is 0 Å². The van der Waals surface area contributed by atoms with Crippen molar-refractivity contribution in [3.05, 3.63) is 94.3 Å². The number of anilines is 1. The molecule has 1 unspecified atom stereocenters. The molecule has 1 aliphatic rings. The van der Waals surface area contributed by atoms with Gasteiger partial charge in [0, 0.05) is 23.6 Å². The number of benzene rings is 2. The van der Waals surface area contributed by atoms with E-state index < -0.39 is 17.7 Å². The molecule has 1 fully saturated rings. The zero-order chi connectivity index (χ0) is 23.7. The Balaban J connectivity index is 1.89. The molecule has 0 bridgehead atoms. The van der Waals surface area contributed by atoms with Crippen molar-refractivity contribution in [2.24, 2.45) is 0 Å². The van der Waals surface area contributed by atoms with Crippen LogP contribution in [-0.4, -0.2) is 28.9 Å². The van der Waals surface area contributed by atoms with Crippen molar-refractivity contribution in [3.8, 4) is 5.75 Å². The number of rotatable bonds is 5. The second kappa shape index (κ2) is 9.08. The van der Waals surface area contributed by atoms with Crippen molar-refractivity contribution in [3.63, 3.8) is 0 Å². The molecule has 0 saturated carbocycles. The number of hydrogen-bond donors (Lipinski definition) is 1. The fourth-order valence-corrected chi connectivity index (χ4v) is 4.20. The van der Waals surface area contributed by atoms with Crippen LogP contribution in [0.3, 0.4) is 0 Å². The maximum absolute atomic E-state index is 13.2. The topological polar surface area (TPSA) is 79.7 Å². The standard InChI is InChI=1S/C26H23ClN2O4/c1-15(2)16-6-9-19(10-7-16)29-23(18-5-4-12-28-14-18)22(25(31)26(29)32)24(30)17-8-11-21(33-3)20(27)13-17/h4-15,23,30H,1-3H3/b24-22-. The molecule has 1 atom stereocenters. The van der Waals surface area contributed by atoms with Crippen LogP contribution in [-0.2, 0) is 9.59 Å². The highest BCUT2D eigenvalue weighted by atomic mass is 35.5. The molecule has 1 aliphatic heterocycles. The van der Waals surface area contributed by atoms with E-state index in [1.807, 2.05) is 24.3 Å². The van der Waals surface area contributed by atoms with E-state index in [1.165, 1.54) is 18.1 Å². The van der Waals surface area contributed by atoms with Gasteiger partial charge in [-0.2, -0.15) is 0 Å². The molecular formula is C26H23ClN2O4. The number of amides is 1. The van der Waals surface area contributed by atoms with E-state index in [-0.39, 0.29) is 16.4 Å². The van der Waals surface area contributed by atoms with E-state index in [0.29, 0.717) is 28.5 Å². The normalized spacial score (nSPS) is 17.6. The lowest BCUT2D eigenvalue weighted by atomic mass is 9.96. The van der Waals surface area contributed by atoms with Gasteiger partial charge < -0.3 is 9.84 Å². The molecule has 7 heteroatoms. The maximum atomic E-state index is 13.2. The number of ether oxygens (including phenoxy) is 1. The first-order valence-corrected chi connectivity index (χ1v) is 10.9. The number of aliphatic hydroxyl groups is 1. The molecule has 168 valence electrons. The lowest BCUT2D eigenvalue weighted by Gasteiger charge is -2.25. The SMILES string of the molecule is COc1ccc(/C(O)=C2/C(=O)C(=O)N(c3ccc(C(C)C)cc3)C2c2cccnc2)cc1Cl. The van der Waals surface area contributed by atoms with Crippen LogP contribution >= 0.6 is 11.6 Å². The number of Topliss-reactive ketones (excluding diaryl/α,β-unsaturated/α-hetero) is 1. The molecule has 0 aliphatic carbocycles. The molecule has 6 nitrogen and oxygen atoms in total. The Morgan fingerprint density at radius 3 is 2.42 bits per heavy atom. The van der Waals surface area contributed by atoms with Gasteiger partial charge in [-0.3, -0.25) is 19.5 Å². The van der Waals surface area contributed by atoms with Gasteiger partial charge in [0.15, 0.2) is 0 Å². The first-order chi connectivity index (χ1) is 15.8. The number of halogens is 1. The van der Waals surface area contributed by atoms with Gasteiger partial charge in [0.25, 0.3) is 11.7 Å². The molecule has 1 aromatic heterocycles. The Hall–Kier alpha value is -3.64. The van der Waals surface area contributed by atoms with E-state index in [4.69, 9.17) is 16.3 Å². The average Bonchev–Trinajstić information content (AvgIpc) is 3.09. The average molecular weight is 463 g/mol. The molecular weight excluding hydrogens is 440 g/mol. The summed E-state index contributed by atoms with van der Waals surface area (Å²) in [6.07, 6.45) is 3.19. The van der Waals surface area contributed by atoms with E-state index in [2.05, 4.69) is 18.8 Å². The molecule has 3 aromatic rings. The van der Waals surface area contributed by atoms with Crippen molar-refractivity contribution in [1.82, 2.24) is 4.98 Å². The van der Waals surface area contributed by atoms with E-state index in [0.717, 1.165) is 5.56 Å². The van der Waals surface area contributed by atoms with Crippen LogP contribution in [0.2, 0.25) is 5.02 Å². The lowest BCUT2D eigenvalue weighted by Crippen LogP contribution is -2.29. The highest BCUT2D eigenvalue weighted by Crippen LogP contribution is 2.42. The minimum Gasteiger partial charge on any atom is -0.507 e. The number of carbonyl (C=O) groups is 2. The van der Waals surface area contributed by atoms with E-state index in [1.54, 1.807) is 36.7 Å². The number of pyridine rings is 1. The predicted molar refractivity (Wildman–Crippen MR) is 128 cm³/mol. The third-order valence-electron chi connectivity index (χ3n) is 5.71. The first kappa shape index (κ1) is 22.6. The van der Waals surface area contributed by atoms with Gasteiger partial charge in [-0.15, -0.1) is 0 Å². The monoisotopic (exact) mass is 462 g/mol. The molecule has 33 heavy (non-hydrogen) atoms. The minimum absolute atomic E-state index is 0.0258. The summed E-state index contributed by atoms with van der Waals surface area (Å²) in [5, 5.41) is 11.4. The Morgan fingerprint density at radius 2 is 1.85 bits per heavy atom. The van der Waals surface area contributed by atoms with Gasteiger partial charge in [-0.05, 0) is 53.4 Å². The molecule has 1 amide bonds. The van der Waals surface area contributed by atoms with E-state index >= 15 is 0 Å². The smallest absolute Gasteiger partial charge is 0.300 e. The largest absolute Gasteiger partial charge is 0.507 e. The number of methoxy groups -OCH3 is 1. The number of nitrogens with zero attached hydrogens (tertiary/aromatic N) is 2. The minimum atomic E-state index is -0.843. The third-order valence-corrected chi connectivity index (χ3v) is 6.00. The fourth-order valence-electron chi connectivity index (χ4n) is 3.94. The lowest BCUT2D eigenvalue weighted by molar-refractivity contribution is -0.132. The van der Waals surface area contributed by atoms with Crippen LogP contribution in [0, 0.1) is 0 Å². The van der Waals surface area contributed by atoms with Crippen molar-refractivity contribution in [1.29, 1.82) is 0 Å². The van der Waals surface area contributed by atoms with Crippen molar-refractivity contribution < 1.29 is 19.4 Å². The van der Waals surface area contributed by atoms with Crippen LogP contribution < -0.4 is 9.64 Å². The summed E-state index contributed by atoms with van der Waals surface area (Å²) in [4.78, 5) is 31.9. The summed E-state index contributed by atoms with van der Waals surface area (Å²) in [6, 6.07) is 14.8. The Bertz CT molecular complexity index is 1240. The molecule has 0 radical (unpaired) electrons. The quantitative estimate of drug-likeness (QED) is 0.308. The number of hydrogen-bond acceptors (Lipinski definition) is 5. The first-order valence-electron chi connectivity index (χ1n) is 10.5. The molecule has 1 saturated heterocycles. The Morgan fingerprint density at radius 1 is 1.12 bits per heavy atom. The van der Waals surface area contributed by atoms with Crippen molar-refractivity contribution in [2.45, 2.75) is 25.8 Å². The molecule has 1 N–H and O–H groups in total. The highest BCUT2D eigenvalue weighted by Gasteiger charge is 2.47. The maximum Gasteiger partial charge on any atom is 0.300 e. The van der Waals surface area contributed by atoms with Crippen LogP contribution in [0.4, 0.5) is 5.69 Å². The van der Waals surface area contributed by atoms with Crippen LogP contribution in [0.15, 0.2) is 72.6 Å². The summed E-state index contributed by atoms with van der Waals surface area (Å²) in [5.41, 5.74) is 2.55. The number of aliphatic hydroxyl groups excluding tert-OH is 1. The second-order valence-corrected chi connectivity index (χ2v) is 8.46. The summed E-state index contributed by atoms with van der Waals surface area (Å²) >= 11 is 6.23.